The molecule has 8 nitrogen and oxygen atoms in total. The molecule has 2 aromatic heterocycles. The Morgan fingerprint density at radius 3 is 2.57 bits per heavy atom. The molecule has 21 heavy (non-hydrogen) atoms. The Hall–Kier alpha value is -2.22. The predicted octanol–water partition coefficient (Wildman–Crippen LogP) is 0.467. The second-order valence-electron chi connectivity index (χ2n) is 5.32. The molecule has 0 amide bonds. The van der Waals surface area contributed by atoms with E-state index >= 15 is 0 Å². The minimum atomic E-state index is 0.298. The lowest BCUT2D eigenvalue weighted by molar-refractivity contribution is 0.0299. The van der Waals surface area contributed by atoms with Crippen molar-refractivity contribution in [3.05, 3.63) is 18.5 Å². The van der Waals surface area contributed by atoms with Gasteiger partial charge < -0.3 is 15.0 Å². The molecule has 0 aliphatic carbocycles. The topological polar surface area (TPSA) is 81.0 Å². The van der Waals surface area contributed by atoms with E-state index in [1.54, 1.807) is 17.9 Å². The van der Waals surface area contributed by atoms with Crippen LogP contribution < -0.4 is 10.2 Å². The van der Waals surface area contributed by atoms with Crippen LogP contribution >= 0.6 is 0 Å². The molecule has 0 spiro atoms. The summed E-state index contributed by atoms with van der Waals surface area (Å²) in [6.45, 7) is 1.67. The first-order valence-corrected chi connectivity index (χ1v) is 7.16. The van der Waals surface area contributed by atoms with E-state index < -0.39 is 0 Å². The number of ether oxygens (including phenoxy) is 1. The highest BCUT2D eigenvalue weighted by Crippen LogP contribution is 2.28. The van der Waals surface area contributed by atoms with Gasteiger partial charge in [0.1, 0.15) is 0 Å². The number of morpholine rings is 1. The van der Waals surface area contributed by atoms with Gasteiger partial charge in [0, 0.05) is 32.5 Å². The van der Waals surface area contributed by atoms with Gasteiger partial charge in [0.25, 0.3) is 5.95 Å². The van der Waals surface area contributed by atoms with Crippen LogP contribution in [0, 0.1) is 0 Å². The molecule has 2 aromatic rings. The molecule has 2 saturated heterocycles. The van der Waals surface area contributed by atoms with Crippen LogP contribution in [0.15, 0.2) is 18.5 Å². The third-order valence-corrected chi connectivity index (χ3v) is 3.87. The second-order valence-corrected chi connectivity index (χ2v) is 5.32. The van der Waals surface area contributed by atoms with Crippen LogP contribution in [0.3, 0.4) is 0 Å². The smallest absolute Gasteiger partial charge is 0.257 e. The molecular weight excluding hydrogens is 270 g/mol. The Kier molecular flexibility index (Phi) is 2.95. The van der Waals surface area contributed by atoms with Gasteiger partial charge in [0.2, 0.25) is 11.9 Å². The van der Waals surface area contributed by atoms with Gasteiger partial charge in [-0.15, -0.1) is 0 Å². The van der Waals surface area contributed by atoms with Crippen LogP contribution in [0.2, 0.25) is 0 Å². The third kappa shape index (κ3) is 2.31. The van der Waals surface area contributed by atoms with Crippen molar-refractivity contribution < 1.29 is 4.74 Å². The minimum absolute atomic E-state index is 0.298. The summed E-state index contributed by atoms with van der Waals surface area (Å²) in [5, 5.41) is 7.17. The molecule has 2 fully saturated rings. The predicted molar refractivity (Wildman–Crippen MR) is 76.6 cm³/mol. The summed E-state index contributed by atoms with van der Waals surface area (Å²) in [7, 11) is 1.80. The quantitative estimate of drug-likeness (QED) is 0.878. The van der Waals surface area contributed by atoms with Crippen LogP contribution in [0.5, 0.6) is 0 Å². The lowest BCUT2D eigenvalue weighted by Gasteiger charge is -2.32. The first-order valence-electron chi connectivity index (χ1n) is 7.16. The minimum Gasteiger partial charge on any atom is -0.371 e. The van der Waals surface area contributed by atoms with Crippen molar-refractivity contribution in [2.24, 2.45) is 0 Å². The molecule has 0 radical (unpaired) electrons. The molecular formula is C13H17N7O. The van der Waals surface area contributed by atoms with Gasteiger partial charge in [-0.1, -0.05) is 0 Å². The molecule has 110 valence electrons. The normalized spacial score (nSPS) is 24.3. The third-order valence-electron chi connectivity index (χ3n) is 3.87. The number of hydrogen-bond acceptors (Lipinski definition) is 7. The van der Waals surface area contributed by atoms with Crippen LogP contribution in [-0.4, -0.2) is 57.1 Å². The number of aromatic nitrogens is 5. The highest BCUT2D eigenvalue weighted by molar-refractivity contribution is 5.40. The Morgan fingerprint density at radius 2 is 1.90 bits per heavy atom. The van der Waals surface area contributed by atoms with Gasteiger partial charge in [-0.2, -0.15) is 20.1 Å². The van der Waals surface area contributed by atoms with Crippen LogP contribution in [0.25, 0.3) is 5.95 Å². The average molecular weight is 287 g/mol. The number of fused-ring (bicyclic) bond motifs is 2. The van der Waals surface area contributed by atoms with E-state index in [2.05, 4.69) is 30.3 Å². The zero-order valence-electron chi connectivity index (χ0n) is 11.8. The van der Waals surface area contributed by atoms with Crippen molar-refractivity contribution in [1.29, 1.82) is 0 Å². The van der Waals surface area contributed by atoms with Gasteiger partial charge in [0.05, 0.1) is 12.2 Å². The van der Waals surface area contributed by atoms with Crippen molar-refractivity contribution in [2.75, 3.05) is 30.4 Å². The zero-order chi connectivity index (χ0) is 14.2. The average Bonchev–Trinajstić information content (AvgIpc) is 3.16. The summed E-state index contributed by atoms with van der Waals surface area (Å²) < 4.78 is 7.50. The fraction of sp³-hybridized carbons (Fsp3) is 0.538. The zero-order valence-corrected chi connectivity index (χ0v) is 11.8. The maximum absolute atomic E-state index is 5.86. The van der Waals surface area contributed by atoms with Crippen LogP contribution in [-0.2, 0) is 4.74 Å². The lowest BCUT2D eigenvalue weighted by Crippen LogP contribution is -2.43. The van der Waals surface area contributed by atoms with E-state index in [0.717, 1.165) is 25.9 Å². The molecule has 4 rings (SSSR count). The molecule has 2 bridgehead atoms. The Balaban J connectivity index is 1.69. The first-order chi connectivity index (χ1) is 10.3. The Labute approximate surface area is 122 Å². The van der Waals surface area contributed by atoms with Gasteiger partial charge >= 0.3 is 0 Å². The molecule has 0 saturated carbocycles. The van der Waals surface area contributed by atoms with Gasteiger partial charge in [-0.25, -0.2) is 4.68 Å². The number of anilines is 2. The van der Waals surface area contributed by atoms with Crippen molar-refractivity contribution in [3.8, 4) is 5.95 Å². The van der Waals surface area contributed by atoms with Crippen LogP contribution in [0.1, 0.15) is 12.8 Å². The largest absolute Gasteiger partial charge is 0.371 e. The molecule has 4 heterocycles. The monoisotopic (exact) mass is 287 g/mol. The molecule has 1 N–H and O–H groups in total. The van der Waals surface area contributed by atoms with Gasteiger partial charge in [-0.05, 0) is 18.9 Å². The van der Waals surface area contributed by atoms with E-state index in [1.165, 1.54) is 0 Å². The SMILES string of the molecule is CNc1nc(N2CC3CCC(C2)O3)nc(-n2cccn2)n1. The standard InChI is InChI=1S/C13H17N7O/c1-14-11-16-12(18-13(17-11)20-6-2-5-15-20)19-7-9-3-4-10(8-19)21-9/h2,5-6,9-10H,3-4,7-8H2,1H3,(H,14,16,17,18). The summed E-state index contributed by atoms with van der Waals surface area (Å²) >= 11 is 0. The first kappa shape index (κ1) is 12.5. The molecule has 2 unspecified atom stereocenters. The Morgan fingerprint density at radius 1 is 1.14 bits per heavy atom. The second kappa shape index (κ2) is 4.96. The van der Waals surface area contributed by atoms with E-state index in [4.69, 9.17) is 4.74 Å². The fourth-order valence-corrected chi connectivity index (χ4v) is 2.87. The number of hydrogen-bond donors (Lipinski definition) is 1. The maximum atomic E-state index is 5.86. The number of nitrogens with one attached hydrogen (secondary N) is 1. The molecule has 8 heteroatoms. The highest BCUT2D eigenvalue weighted by Gasteiger charge is 2.35. The van der Waals surface area contributed by atoms with E-state index in [-0.39, 0.29) is 0 Å². The molecule has 2 aliphatic rings. The van der Waals surface area contributed by atoms with E-state index in [0.29, 0.717) is 30.1 Å². The van der Waals surface area contributed by atoms with Gasteiger partial charge in [0.15, 0.2) is 0 Å². The number of rotatable bonds is 3. The summed E-state index contributed by atoms with van der Waals surface area (Å²) in [5.41, 5.74) is 0. The maximum Gasteiger partial charge on any atom is 0.257 e. The number of nitrogens with zero attached hydrogens (tertiary/aromatic N) is 6. The summed E-state index contributed by atoms with van der Waals surface area (Å²) in [6.07, 6.45) is 6.37. The van der Waals surface area contributed by atoms with Gasteiger partial charge in [-0.3, -0.25) is 0 Å². The van der Waals surface area contributed by atoms with Crippen molar-refractivity contribution in [2.45, 2.75) is 25.0 Å². The summed E-state index contributed by atoms with van der Waals surface area (Å²) in [5.74, 6) is 1.75. The van der Waals surface area contributed by atoms with Crippen LogP contribution in [0.4, 0.5) is 11.9 Å². The molecule has 0 aromatic carbocycles. The fourth-order valence-electron chi connectivity index (χ4n) is 2.87. The summed E-state index contributed by atoms with van der Waals surface area (Å²) in [4.78, 5) is 15.6. The van der Waals surface area contributed by atoms with E-state index in [1.807, 2.05) is 12.3 Å². The lowest BCUT2D eigenvalue weighted by atomic mass is 10.2. The molecule has 2 atom stereocenters. The van der Waals surface area contributed by atoms with Crippen molar-refractivity contribution in [1.82, 2.24) is 24.7 Å². The summed E-state index contributed by atoms with van der Waals surface area (Å²) in [6, 6.07) is 1.84. The van der Waals surface area contributed by atoms with Crippen molar-refractivity contribution >= 4 is 11.9 Å². The van der Waals surface area contributed by atoms with E-state index in [9.17, 15) is 0 Å². The van der Waals surface area contributed by atoms with Crippen molar-refractivity contribution in [3.63, 3.8) is 0 Å². The molecule has 2 aliphatic heterocycles. The Bertz CT molecular complexity index is 617. The highest BCUT2D eigenvalue weighted by atomic mass is 16.5.